The third-order valence-electron chi connectivity index (χ3n) is 5.54. The molecular weight excluding hydrogens is 422 g/mol. The number of phenols is 2. The molecule has 4 aromatic rings. The van der Waals surface area contributed by atoms with Crippen molar-refractivity contribution in [2.24, 2.45) is 5.73 Å². The zero-order valence-corrected chi connectivity index (χ0v) is 18.4. The largest absolute Gasteiger partial charge is 0.504 e. The van der Waals surface area contributed by atoms with Crippen molar-refractivity contribution in [2.75, 3.05) is 25.5 Å². The second-order valence-corrected chi connectivity index (χ2v) is 7.79. The first kappa shape index (κ1) is 22.3. The number of nitrogens with one attached hydrogen (secondary N) is 1. The number of carbonyl (C=O) groups is 1. The Morgan fingerprint density at radius 1 is 1.09 bits per heavy atom. The number of hydrogen-bond acceptors (Lipinski definition) is 8. The van der Waals surface area contributed by atoms with Crippen molar-refractivity contribution in [2.45, 2.75) is 25.7 Å². The molecule has 4 rings (SSSR count). The quantitative estimate of drug-likeness (QED) is 0.173. The SMILES string of the molecule is COC(=O)c1ccc2nc(NCCCCCCN)c3ncc(-c4ccc(O)c(O)c4)n3c2c1. The fourth-order valence-corrected chi connectivity index (χ4v) is 3.81. The molecule has 5 N–H and O–H groups in total. The summed E-state index contributed by atoms with van der Waals surface area (Å²) >= 11 is 0. The maximum absolute atomic E-state index is 12.1. The molecule has 0 bridgehead atoms. The predicted octanol–water partition coefficient (Wildman–Crippen LogP) is 3.68. The van der Waals surface area contributed by atoms with Gasteiger partial charge >= 0.3 is 5.97 Å². The van der Waals surface area contributed by atoms with Crippen LogP contribution in [0.3, 0.4) is 0 Å². The number of methoxy groups -OCH3 is 1. The predicted molar refractivity (Wildman–Crippen MR) is 127 cm³/mol. The lowest BCUT2D eigenvalue weighted by Gasteiger charge is -2.12. The van der Waals surface area contributed by atoms with Crippen molar-refractivity contribution in [1.29, 1.82) is 0 Å². The summed E-state index contributed by atoms with van der Waals surface area (Å²) in [5, 5.41) is 23.1. The highest BCUT2D eigenvalue weighted by atomic mass is 16.5. The van der Waals surface area contributed by atoms with Crippen LogP contribution in [0.25, 0.3) is 27.9 Å². The number of hydrogen-bond donors (Lipinski definition) is 4. The van der Waals surface area contributed by atoms with Gasteiger partial charge in [-0.3, -0.25) is 4.40 Å². The number of esters is 1. The second-order valence-electron chi connectivity index (χ2n) is 7.79. The maximum Gasteiger partial charge on any atom is 0.337 e. The van der Waals surface area contributed by atoms with Crippen LogP contribution >= 0.6 is 0 Å². The Morgan fingerprint density at radius 3 is 2.67 bits per heavy atom. The molecular formula is C24H27N5O4. The van der Waals surface area contributed by atoms with Gasteiger partial charge < -0.3 is 26.0 Å². The molecule has 0 radical (unpaired) electrons. The normalized spacial score (nSPS) is 11.2. The van der Waals surface area contributed by atoms with Crippen molar-refractivity contribution >= 4 is 28.5 Å². The third-order valence-corrected chi connectivity index (χ3v) is 5.54. The summed E-state index contributed by atoms with van der Waals surface area (Å²) in [6.45, 7) is 1.44. The van der Waals surface area contributed by atoms with Crippen LogP contribution in [0.5, 0.6) is 11.5 Å². The molecule has 33 heavy (non-hydrogen) atoms. The first-order valence-electron chi connectivity index (χ1n) is 10.9. The lowest BCUT2D eigenvalue weighted by molar-refractivity contribution is 0.0601. The van der Waals surface area contributed by atoms with Crippen LogP contribution in [0.1, 0.15) is 36.0 Å². The number of benzene rings is 2. The molecule has 0 aliphatic rings. The zero-order valence-electron chi connectivity index (χ0n) is 18.4. The zero-order chi connectivity index (χ0) is 23.4. The topological polar surface area (TPSA) is 135 Å². The lowest BCUT2D eigenvalue weighted by atomic mass is 10.1. The van der Waals surface area contributed by atoms with Crippen LogP contribution in [0.4, 0.5) is 5.82 Å². The number of nitrogens with two attached hydrogens (primary N) is 1. The molecule has 9 nitrogen and oxygen atoms in total. The van der Waals surface area contributed by atoms with Gasteiger partial charge in [0.1, 0.15) is 0 Å². The van der Waals surface area contributed by atoms with Crippen LogP contribution in [0, 0.1) is 0 Å². The molecule has 0 saturated heterocycles. The van der Waals surface area contributed by atoms with E-state index in [4.69, 9.17) is 15.5 Å². The molecule has 0 amide bonds. The second kappa shape index (κ2) is 9.74. The molecule has 2 heterocycles. The third kappa shape index (κ3) is 4.54. The number of carbonyl (C=O) groups excluding carboxylic acids is 1. The van der Waals surface area contributed by atoms with E-state index in [1.807, 2.05) is 4.40 Å². The minimum atomic E-state index is -0.450. The number of fused-ring (bicyclic) bond motifs is 3. The number of rotatable bonds is 9. The summed E-state index contributed by atoms with van der Waals surface area (Å²) in [4.78, 5) is 21.5. The van der Waals surface area contributed by atoms with Gasteiger partial charge in [-0.25, -0.2) is 14.8 Å². The Balaban J connectivity index is 1.82. The number of phenolic OH excluding ortho intramolecular Hbond substituents is 2. The van der Waals surface area contributed by atoms with Crippen LogP contribution in [0.2, 0.25) is 0 Å². The summed E-state index contributed by atoms with van der Waals surface area (Å²) in [5.41, 5.74) is 9.22. The van der Waals surface area contributed by atoms with E-state index in [2.05, 4.69) is 10.3 Å². The highest BCUT2D eigenvalue weighted by Gasteiger charge is 2.17. The van der Waals surface area contributed by atoms with Crippen molar-refractivity contribution in [3.05, 3.63) is 48.2 Å². The molecule has 172 valence electrons. The molecule has 2 aromatic carbocycles. The van der Waals surface area contributed by atoms with Crippen LogP contribution < -0.4 is 11.1 Å². The van der Waals surface area contributed by atoms with E-state index in [1.165, 1.54) is 19.2 Å². The molecule has 0 aliphatic heterocycles. The Morgan fingerprint density at radius 2 is 1.91 bits per heavy atom. The number of aromatic nitrogens is 3. The van der Waals surface area contributed by atoms with Gasteiger partial charge in [-0.1, -0.05) is 12.8 Å². The number of imidazole rings is 1. The average Bonchev–Trinajstić information content (AvgIpc) is 3.28. The number of aromatic hydroxyl groups is 2. The van der Waals surface area contributed by atoms with E-state index >= 15 is 0 Å². The fourth-order valence-electron chi connectivity index (χ4n) is 3.81. The van der Waals surface area contributed by atoms with Gasteiger partial charge in [0.15, 0.2) is 23.0 Å². The van der Waals surface area contributed by atoms with Gasteiger partial charge in [-0.05, 0) is 55.8 Å². The van der Waals surface area contributed by atoms with Gasteiger partial charge in [0, 0.05) is 12.1 Å². The highest BCUT2D eigenvalue weighted by molar-refractivity contribution is 5.95. The lowest BCUT2D eigenvalue weighted by Crippen LogP contribution is -2.08. The van der Waals surface area contributed by atoms with E-state index < -0.39 is 5.97 Å². The van der Waals surface area contributed by atoms with Crippen LogP contribution in [-0.2, 0) is 4.74 Å². The van der Waals surface area contributed by atoms with Crippen molar-refractivity contribution in [3.63, 3.8) is 0 Å². The Hall–Kier alpha value is -3.85. The summed E-state index contributed by atoms with van der Waals surface area (Å²) in [6, 6.07) is 9.74. The first-order valence-corrected chi connectivity index (χ1v) is 10.9. The Bertz CT molecular complexity index is 1300. The molecule has 0 spiro atoms. The minimum Gasteiger partial charge on any atom is -0.504 e. The van der Waals surface area contributed by atoms with Gasteiger partial charge in [-0.15, -0.1) is 0 Å². The average molecular weight is 450 g/mol. The van der Waals surface area contributed by atoms with Crippen molar-refractivity contribution in [1.82, 2.24) is 14.4 Å². The van der Waals surface area contributed by atoms with Crippen LogP contribution in [-0.4, -0.2) is 50.8 Å². The Kier molecular flexibility index (Phi) is 6.60. The monoisotopic (exact) mass is 449 g/mol. The summed E-state index contributed by atoms with van der Waals surface area (Å²) in [6.07, 6.45) is 5.84. The number of unbranched alkanes of at least 4 members (excludes halogenated alkanes) is 3. The summed E-state index contributed by atoms with van der Waals surface area (Å²) in [5.74, 6) is -0.258. The van der Waals surface area contributed by atoms with Gasteiger partial charge in [0.2, 0.25) is 0 Å². The smallest absolute Gasteiger partial charge is 0.337 e. The first-order chi connectivity index (χ1) is 16.0. The van der Waals surface area contributed by atoms with E-state index in [1.54, 1.807) is 30.5 Å². The molecule has 0 aliphatic carbocycles. The van der Waals surface area contributed by atoms with E-state index in [0.29, 0.717) is 45.9 Å². The summed E-state index contributed by atoms with van der Waals surface area (Å²) < 4.78 is 6.76. The molecule has 0 fully saturated rings. The summed E-state index contributed by atoms with van der Waals surface area (Å²) in [7, 11) is 1.34. The minimum absolute atomic E-state index is 0.205. The Labute approximate surface area is 190 Å². The van der Waals surface area contributed by atoms with E-state index in [0.717, 1.165) is 32.2 Å². The van der Waals surface area contributed by atoms with Gasteiger partial charge in [-0.2, -0.15) is 0 Å². The van der Waals surface area contributed by atoms with E-state index in [-0.39, 0.29) is 11.5 Å². The highest BCUT2D eigenvalue weighted by Crippen LogP contribution is 2.33. The molecule has 2 aromatic heterocycles. The maximum atomic E-state index is 12.1. The van der Waals surface area contributed by atoms with Gasteiger partial charge in [0.05, 0.1) is 35.6 Å². The molecule has 9 heteroatoms. The molecule has 0 atom stereocenters. The van der Waals surface area contributed by atoms with E-state index in [9.17, 15) is 15.0 Å². The van der Waals surface area contributed by atoms with Crippen molar-refractivity contribution in [3.8, 4) is 22.8 Å². The van der Waals surface area contributed by atoms with Gasteiger partial charge in [0.25, 0.3) is 0 Å². The molecule has 0 saturated carbocycles. The fraction of sp³-hybridized carbons (Fsp3) is 0.292. The standard InChI is InChI=1S/C24H27N5O4/c1-33-24(32)16-6-8-17-18(12-16)29-19(15-7-9-20(30)21(31)13-15)14-27-23(29)22(28-17)26-11-5-3-2-4-10-25/h6-9,12-14,30-31H,2-5,10-11,25H2,1H3,(H,26,28). The number of ether oxygens (including phenoxy) is 1. The van der Waals surface area contributed by atoms with Crippen LogP contribution in [0.15, 0.2) is 42.6 Å². The number of anilines is 1. The van der Waals surface area contributed by atoms with Crippen molar-refractivity contribution < 1.29 is 19.7 Å². The molecule has 0 unspecified atom stereocenters. The number of nitrogens with zero attached hydrogens (tertiary/aromatic N) is 3.